The van der Waals surface area contributed by atoms with E-state index >= 15 is 0 Å². The number of nitrogens with zero attached hydrogens (tertiary/aromatic N) is 5. The topological polar surface area (TPSA) is 64.5 Å². The molecule has 5 rings (SSSR count). The first-order chi connectivity index (χ1) is 11.4. The maximum Gasteiger partial charge on any atom is 0.144 e. The molecule has 0 aliphatic heterocycles. The molecule has 0 amide bonds. The van der Waals surface area contributed by atoms with Crippen LogP contribution in [0.5, 0.6) is 0 Å². The summed E-state index contributed by atoms with van der Waals surface area (Å²) in [6.07, 6.45) is 6.82. The highest BCUT2D eigenvalue weighted by Gasteiger charge is 2.15. The lowest BCUT2D eigenvalue weighted by atomic mass is 10.1. The Balaban J connectivity index is 1.84. The first-order valence-electron chi connectivity index (χ1n) is 7.09. The molecule has 23 heavy (non-hydrogen) atoms. The predicted octanol–water partition coefficient (Wildman–Crippen LogP) is 3.85. The van der Waals surface area contributed by atoms with Crippen LogP contribution in [0.15, 0.2) is 55.2 Å². The van der Waals surface area contributed by atoms with Gasteiger partial charge < -0.3 is 0 Å². The zero-order valence-corrected chi connectivity index (χ0v) is 12.7. The van der Waals surface area contributed by atoms with Gasteiger partial charge in [0.25, 0.3) is 0 Å². The van der Waals surface area contributed by atoms with Gasteiger partial charge in [-0.15, -0.1) is 11.3 Å². The van der Waals surface area contributed by atoms with E-state index in [0.717, 1.165) is 42.7 Å². The van der Waals surface area contributed by atoms with Gasteiger partial charge in [0.1, 0.15) is 27.9 Å². The SMILES string of the molecule is c1ccc2cc(-c3ncnc4c3sc3nccnc34)ncc2c1. The van der Waals surface area contributed by atoms with Crippen LogP contribution in [0.4, 0.5) is 0 Å². The standard InChI is InChI=1S/C17H9N5S/c1-2-4-11-8-20-12(7-10(11)3-1)13-16-14(22-9-21-13)15-17(23-16)19-6-5-18-15/h1-9H. The second kappa shape index (κ2) is 4.76. The summed E-state index contributed by atoms with van der Waals surface area (Å²) < 4.78 is 0.969. The molecule has 0 aliphatic carbocycles. The highest BCUT2D eigenvalue weighted by atomic mass is 32.1. The van der Waals surface area contributed by atoms with Gasteiger partial charge in [-0.2, -0.15) is 0 Å². The number of aromatic nitrogens is 5. The van der Waals surface area contributed by atoms with Gasteiger partial charge in [0.2, 0.25) is 0 Å². The Hall–Kier alpha value is -2.99. The van der Waals surface area contributed by atoms with Crippen molar-refractivity contribution in [1.82, 2.24) is 24.9 Å². The third-order valence-corrected chi connectivity index (χ3v) is 4.85. The van der Waals surface area contributed by atoms with Crippen molar-refractivity contribution in [3.63, 3.8) is 0 Å². The average molecular weight is 315 g/mol. The van der Waals surface area contributed by atoms with Gasteiger partial charge in [-0.05, 0) is 11.5 Å². The van der Waals surface area contributed by atoms with E-state index in [0.29, 0.717) is 0 Å². The number of rotatable bonds is 1. The minimum atomic E-state index is 0.817. The van der Waals surface area contributed by atoms with Crippen molar-refractivity contribution in [2.24, 2.45) is 0 Å². The van der Waals surface area contributed by atoms with Gasteiger partial charge in [-0.1, -0.05) is 24.3 Å². The Morgan fingerprint density at radius 3 is 2.61 bits per heavy atom. The maximum atomic E-state index is 4.57. The molecule has 6 heteroatoms. The number of pyridine rings is 1. The van der Waals surface area contributed by atoms with Crippen molar-refractivity contribution in [2.45, 2.75) is 0 Å². The quantitative estimate of drug-likeness (QED) is 0.470. The predicted molar refractivity (Wildman–Crippen MR) is 91.2 cm³/mol. The van der Waals surface area contributed by atoms with Crippen molar-refractivity contribution in [3.05, 3.63) is 55.2 Å². The van der Waals surface area contributed by atoms with E-state index in [1.165, 1.54) is 0 Å². The van der Waals surface area contributed by atoms with Crippen molar-refractivity contribution >= 4 is 42.7 Å². The van der Waals surface area contributed by atoms with Gasteiger partial charge in [0.05, 0.1) is 10.4 Å². The van der Waals surface area contributed by atoms with Crippen LogP contribution in [0.1, 0.15) is 0 Å². The molecule has 108 valence electrons. The van der Waals surface area contributed by atoms with Gasteiger partial charge in [0.15, 0.2) is 0 Å². The Kier molecular flexibility index (Phi) is 2.59. The highest BCUT2D eigenvalue weighted by molar-refractivity contribution is 7.25. The van der Waals surface area contributed by atoms with E-state index in [9.17, 15) is 0 Å². The largest absolute Gasteiger partial charge is 0.254 e. The van der Waals surface area contributed by atoms with Gasteiger partial charge in [-0.25, -0.2) is 19.9 Å². The molecule has 0 atom stereocenters. The Morgan fingerprint density at radius 1 is 0.783 bits per heavy atom. The second-order valence-corrected chi connectivity index (χ2v) is 6.13. The van der Waals surface area contributed by atoms with E-state index in [1.54, 1.807) is 30.1 Å². The molecule has 0 N–H and O–H groups in total. The van der Waals surface area contributed by atoms with E-state index in [1.807, 2.05) is 18.3 Å². The zero-order valence-electron chi connectivity index (χ0n) is 11.8. The molecule has 0 bridgehead atoms. The number of thiophene rings is 1. The summed E-state index contributed by atoms with van der Waals surface area (Å²) in [6, 6.07) is 10.2. The molecule has 0 radical (unpaired) electrons. The molecule has 0 saturated heterocycles. The number of hydrogen-bond donors (Lipinski definition) is 0. The minimum absolute atomic E-state index is 0.817. The molecule has 4 heterocycles. The Labute approximate surface area is 134 Å². The number of benzene rings is 1. The first kappa shape index (κ1) is 12.5. The zero-order chi connectivity index (χ0) is 15.2. The molecule has 4 aromatic heterocycles. The van der Waals surface area contributed by atoms with Crippen LogP contribution in [-0.4, -0.2) is 24.9 Å². The van der Waals surface area contributed by atoms with Crippen molar-refractivity contribution in [2.75, 3.05) is 0 Å². The smallest absolute Gasteiger partial charge is 0.144 e. The van der Waals surface area contributed by atoms with Crippen molar-refractivity contribution < 1.29 is 0 Å². The van der Waals surface area contributed by atoms with E-state index in [4.69, 9.17) is 0 Å². The van der Waals surface area contributed by atoms with Gasteiger partial charge in [0, 0.05) is 24.0 Å². The van der Waals surface area contributed by atoms with Gasteiger partial charge in [-0.3, -0.25) is 4.98 Å². The summed E-state index contributed by atoms with van der Waals surface area (Å²) in [4.78, 5) is 23.0. The summed E-state index contributed by atoms with van der Waals surface area (Å²) >= 11 is 1.55. The molecule has 0 spiro atoms. The second-order valence-electron chi connectivity index (χ2n) is 5.13. The first-order valence-corrected chi connectivity index (χ1v) is 7.91. The monoisotopic (exact) mass is 315 g/mol. The third kappa shape index (κ3) is 1.89. The summed E-state index contributed by atoms with van der Waals surface area (Å²) in [7, 11) is 0. The normalized spacial score (nSPS) is 11.5. The average Bonchev–Trinajstić information content (AvgIpc) is 3.00. The summed E-state index contributed by atoms with van der Waals surface area (Å²) in [5.41, 5.74) is 3.31. The molecule has 5 aromatic rings. The van der Waals surface area contributed by atoms with Crippen LogP contribution in [-0.2, 0) is 0 Å². The van der Waals surface area contributed by atoms with E-state index in [2.05, 4.69) is 43.1 Å². The molecule has 0 unspecified atom stereocenters. The Bertz CT molecular complexity index is 1180. The van der Waals surface area contributed by atoms with Crippen LogP contribution in [0.2, 0.25) is 0 Å². The summed E-state index contributed by atoms with van der Waals surface area (Å²) in [5.74, 6) is 0. The summed E-state index contributed by atoms with van der Waals surface area (Å²) in [6.45, 7) is 0. The fraction of sp³-hybridized carbons (Fsp3) is 0. The highest BCUT2D eigenvalue weighted by Crippen LogP contribution is 2.35. The Morgan fingerprint density at radius 2 is 1.65 bits per heavy atom. The third-order valence-electron chi connectivity index (χ3n) is 3.77. The number of fused-ring (bicyclic) bond motifs is 4. The van der Waals surface area contributed by atoms with Crippen LogP contribution in [0.3, 0.4) is 0 Å². The van der Waals surface area contributed by atoms with Crippen molar-refractivity contribution in [1.29, 1.82) is 0 Å². The van der Waals surface area contributed by atoms with Crippen LogP contribution in [0, 0.1) is 0 Å². The fourth-order valence-corrected chi connectivity index (χ4v) is 3.75. The molecular weight excluding hydrogens is 306 g/mol. The van der Waals surface area contributed by atoms with E-state index in [-0.39, 0.29) is 0 Å². The lowest BCUT2D eigenvalue weighted by molar-refractivity contribution is 1.21. The molecule has 5 nitrogen and oxygen atoms in total. The molecular formula is C17H9N5S. The van der Waals surface area contributed by atoms with Crippen LogP contribution >= 0.6 is 11.3 Å². The molecule has 0 aliphatic rings. The number of hydrogen-bond acceptors (Lipinski definition) is 6. The lowest BCUT2D eigenvalue weighted by Crippen LogP contribution is -1.89. The minimum Gasteiger partial charge on any atom is -0.254 e. The lowest BCUT2D eigenvalue weighted by Gasteiger charge is -2.03. The molecule has 1 aromatic carbocycles. The summed E-state index contributed by atoms with van der Waals surface area (Å²) in [5, 5.41) is 2.25. The van der Waals surface area contributed by atoms with Crippen LogP contribution < -0.4 is 0 Å². The molecule has 0 fully saturated rings. The van der Waals surface area contributed by atoms with E-state index < -0.39 is 0 Å². The van der Waals surface area contributed by atoms with Crippen molar-refractivity contribution in [3.8, 4) is 11.4 Å². The van der Waals surface area contributed by atoms with Gasteiger partial charge >= 0.3 is 0 Å². The van der Waals surface area contributed by atoms with Crippen LogP contribution in [0.25, 0.3) is 42.7 Å². The fourth-order valence-electron chi connectivity index (χ4n) is 2.69. The molecule has 0 saturated carbocycles. The maximum absolute atomic E-state index is 4.57.